The number of aliphatic hydroxyl groups is 1. The Morgan fingerprint density at radius 3 is 2.45 bits per heavy atom. The molecule has 33 heavy (non-hydrogen) atoms. The Morgan fingerprint density at radius 2 is 1.85 bits per heavy atom. The maximum atomic E-state index is 13.9. The predicted octanol–water partition coefficient (Wildman–Crippen LogP) is 6.09. The first-order chi connectivity index (χ1) is 15.5. The third kappa shape index (κ3) is 4.22. The predicted molar refractivity (Wildman–Crippen MR) is 129 cm³/mol. The van der Waals surface area contributed by atoms with E-state index in [4.69, 9.17) is 4.42 Å². The highest BCUT2D eigenvalue weighted by Gasteiger charge is 2.33. The second-order valence-corrected chi connectivity index (χ2v) is 9.02. The Hall–Kier alpha value is -3.28. The maximum Gasteiger partial charge on any atom is 0.339 e. The first-order valence-corrected chi connectivity index (χ1v) is 11.3. The van der Waals surface area contributed by atoms with E-state index in [1.165, 1.54) is 0 Å². The van der Waals surface area contributed by atoms with Crippen molar-refractivity contribution in [2.45, 2.75) is 67.2 Å². The number of aliphatic hydroxyl groups excluding tert-OH is 1. The van der Waals surface area contributed by atoms with Crippen molar-refractivity contribution in [2.24, 2.45) is 5.92 Å². The summed E-state index contributed by atoms with van der Waals surface area (Å²) in [6, 6.07) is 0. The lowest BCUT2D eigenvalue weighted by Gasteiger charge is -2.25. The van der Waals surface area contributed by atoms with E-state index in [1.807, 2.05) is 33.8 Å². The van der Waals surface area contributed by atoms with Gasteiger partial charge in [0.05, 0.1) is 11.1 Å². The van der Waals surface area contributed by atoms with E-state index < -0.39 is 17.2 Å². The highest BCUT2D eigenvalue weighted by molar-refractivity contribution is 6.20. The molecule has 1 aliphatic rings. The van der Waals surface area contributed by atoms with Crippen molar-refractivity contribution in [3.05, 3.63) is 67.3 Å². The van der Waals surface area contributed by atoms with Gasteiger partial charge in [0.15, 0.2) is 5.58 Å². The van der Waals surface area contributed by atoms with Crippen LogP contribution >= 0.6 is 0 Å². The fourth-order valence-corrected chi connectivity index (χ4v) is 4.40. The molecule has 0 saturated heterocycles. The third-order valence-corrected chi connectivity index (χ3v) is 6.50. The number of aryl methyl sites for hydroxylation is 1. The Balaban J connectivity index is 2.43. The average molecular weight is 453 g/mol. The molecule has 6 nitrogen and oxygen atoms in total. The topological polar surface area (TPSA) is 108 Å². The molecule has 0 radical (unpaired) electrons. The molecule has 1 atom stereocenters. The smallest absolute Gasteiger partial charge is 0.339 e. The summed E-state index contributed by atoms with van der Waals surface area (Å²) in [5, 5.41) is 33.1. The molecule has 0 spiro atoms. The number of benzene rings is 1. The van der Waals surface area contributed by atoms with E-state index in [1.54, 1.807) is 19.9 Å². The van der Waals surface area contributed by atoms with Gasteiger partial charge >= 0.3 is 5.63 Å². The molecule has 0 aliphatic heterocycles. The Kier molecular flexibility index (Phi) is 6.86. The summed E-state index contributed by atoms with van der Waals surface area (Å²) in [6.45, 7) is 10.8. The number of Topliss-reactive ketones (excluding diaryl/α,β-unsaturated/α-hetero) is 1. The summed E-state index contributed by atoms with van der Waals surface area (Å²) >= 11 is 0. The fourth-order valence-electron chi connectivity index (χ4n) is 4.40. The van der Waals surface area contributed by atoms with Gasteiger partial charge in [0.2, 0.25) is 5.78 Å². The minimum absolute atomic E-state index is 0.0412. The van der Waals surface area contributed by atoms with Gasteiger partial charge in [0, 0.05) is 28.7 Å². The van der Waals surface area contributed by atoms with Gasteiger partial charge in [-0.2, -0.15) is 0 Å². The summed E-state index contributed by atoms with van der Waals surface area (Å²) in [4.78, 5) is 26.4. The Bertz CT molecular complexity index is 1280. The zero-order valence-electron chi connectivity index (χ0n) is 20.1. The lowest BCUT2D eigenvalue weighted by molar-refractivity contribution is 0.103. The third-order valence-electron chi connectivity index (χ3n) is 6.50. The number of hydrogen-bond acceptors (Lipinski definition) is 6. The Morgan fingerprint density at radius 1 is 1.18 bits per heavy atom. The number of carbonyl (C=O) groups excluding carboxylic acids is 1. The van der Waals surface area contributed by atoms with Crippen LogP contribution in [0.4, 0.5) is 0 Å². The van der Waals surface area contributed by atoms with Crippen LogP contribution in [0.5, 0.6) is 11.5 Å². The van der Waals surface area contributed by atoms with Crippen LogP contribution in [0, 0.1) is 19.8 Å². The zero-order chi connectivity index (χ0) is 24.6. The number of ketones is 1. The number of rotatable bonds is 5. The molecule has 3 rings (SSSR count). The van der Waals surface area contributed by atoms with Crippen molar-refractivity contribution in [1.29, 1.82) is 0 Å². The van der Waals surface area contributed by atoms with Gasteiger partial charge in [0.1, 0.15) is 17.1 Å². The van der Waals surface area contributed by atoms with Crippen LogP contribution in [-0.4, -0.2) is 21.1 Å². The van der Waals surface area contributed by atoms with E-state index in [2.05, 4.69) is 0 Å². The highest BCUT2D eigenvalue weighted by atomic mass is 16.4. The monoisotopic (exact) mass is 452 g/mol. The molecule has 1 heterocycles. The van der Waals surface area contributed by atoms with E-state index in [9.17, 15) is 24.9 Å². The Labute approximate surface area is 193 Å². The number of phenolic OH excluding ortho intramolecular Hbond substituents is 2. The minimum Gasteiger partial charge on any atom is -0.512 e. The molecule has 1 aliphatic carbocycles. The normalized spacial score (nSPS) is 17.6. The van der Waals surface area contributed by atoms with Crippen LogP contribution in [0.15, 0.2) is 43.8 Å². The van der Waals surface area contributed by atoms with Crippen molar-refractivity contribution in [3.63, 3.8) is 0 Å². The number of allylic oxidation sites excluding steroid dienone is 6. The molecule has 0 amide bonds. The quantitative estimate of drug-likeness (QED) is 0.219. The largest absolute Gasteiger partial charge is 0.512 e. The number of aromatic hydroxyl groups is 2. The molecule has 1 aromatic heterocycles. The summed E-state index contributed by atoms with van der Waals surface area (Å²) in [6.07, 6.45) is 5.60. The minimum atomic E-state index is -0.636. The second-order valence-electron chi connectivity index (χ2n) is 9.02. The van der Waals surface area contributed by atoms with Crippen molar-refractivity contribution in [3.8, 4) is 11.5 Å². The summed E-state index contributed by atoms with van der Waals surface area (Å²) in [7, 11) is 0. The van der Waals surface area contributed by atoms with Crippen LogP contribution in [0.3, 0.4) is 0 Å². The highest BCUT2D eigenvalue weighted by Crippen LogP contribution is 2.44. The van der Waals surface area contributed by atoms with Gasteiger partial charge in [-0.25, -0.2) is 4.79 Å². The maximum absolute atomic E-state index is 13.9. The average Bonchev–Trinajstić information content (AvgIpc) is 2.76. The van der Waals surface area contributed by atoms with E-state index in [-0.39, 0.29) is 45.9 Å². The van der Waals surface area contributed by atoms with Gasteiger partial charge in [-0.3, -0.25) is 4.79 Å². The van der Waals surface area contributed by atoms with E-state index >= 15 is 0 Å². The number of hydrogen-bond donors (Lipinski definition) is 3. The van der Waals surface area contributed by atoms with Crippen molar-refractivity contribution in [1.82, 2.24) is 0 Å². The van der Waals surface area contributed by atoms with Gasteiger partial charge in [0.25, 0.3) is 0 Å². The molecule has 1 aromatic carbocycles. The molecule has 6 heteroatoms. The number of fused-ring (bicyclic) bond motifs is 1. The van der Waals surface area contributed by atoms with Crippen LogP contribution in [-0.2, 0) is 6.42 Å². The van der Waals surface area contributed by atoms with Crippen LogP contribution in [0.25, 0.3) is 11.0 Å². The van der Waals surface area contributed by atoms with E-state index in [0.29, 0.717) is 35.1 Å². The van der Waals surface area contributed by atoms with Crippen molar-refractivity contribution in [2.75, 3.05) is 0 Å². The molecule has 2 aromatic rings. The number of phenols is 2. The molecule has 0 fully saturated rings. The standard InChI is InChI=1S/C27H32O6/c1-7-19(28)20-14(4)9-8-10-17(20)23(29)22-25(31)18(12-11-13(2)3)24(30)21-15(5)16(6)27(32)33-26(21)22/h10-11,14,28,30-31H,7-9,12H2,1-6H3/b20-19+/t14-/m0/s1. The van der Waals surface area contributed by atoms with Gasteiger partial charge in [-0.1, -0.05) is 31.6 Å². The van der Waals surface area contributed by atoms with Crippen molar-refractivity contribution < 1.29 is 24.5 Å². The molecule has 0 unspecified atom stereocenters. The first-order valence-electron chi connectivity index (χ1n) is 11.3. The molecular formula is C27H32O6. The fraction of sp³-hybridized carbons (Fsp3) is 0.407. The van der Waals surface area contributed by atoms with Crippen molar-refractivity contribution >= 4 is 16.8 Å². The van der Waals surface area contributed by atoms with Gasteiger partial charge in [-0.15, -0.1) is 0 Å². The summed E-state index contributed by atoms with van der Waals surface area (Å²) < 4.78 is 5.49. The molecule has 0 bridgehead atoms. The van der Waals surface area contributed by atoms with Crippen LogP contribution in [0.1, 0.15) is 74.0 Å². The molecule has 176 valence electrons. The number of carbonyl (C=O) groups is 1. The summed E-state index contributed by atoms with van der Waals surface area (Å²) in [5.74, 6) is -1.07. The molecule has 0 saturated carbocycles. The SMILES string of the molecule is CC/C(O)=C1\C(C(=O)c2c(O)c(CC=C(C)C)c(O)c3c(C)c(C)c(=O)oc23)=CCC[C@@H]1C. The van der Waals surface area contributed by atoms with Gasteiger partial charge in [-0.05, 0) is 58.4 Å². The second kappa shape index (κ2) is 9.30. The summed E-state index contributed by atoms with van der Waals surface area (Å²) in [5.41, 5.74) is 1.89. The van der Waals surface area contributed by atoms with E-state index in [0.717, 1.165) is 12.0 Å². The molecule has 3 N–H and O–H groups in total. The first kappa shape index (κ1) is 24.4. The van der Waals surface area contributed by atoms with Crippen LogP contribution in [0.2, 0.25) is 0 Å². The lowest BCUT2D eigenvalue weighted by Crippen LogP contribution is -2.18. The lowest BCUT2D eigenvalue weighted by atomic mass is 9.79. The molecular weight excluding hydrogens is 420 g/mol. The zero-order valence-corrected chi connectivity index (χ0v) is 20.1. The van der Waals surface area contributed by atoms with Gasteiger partial charge < -0.3 is 19.7 Å². The van der Waals surface area contributed by atoms with Crippen LogP contribution < -0.4 is 5.63 Å².